The summed E-state index contributed by atoms with van der Waals surface area (Å²) in [6, 6.07) is 3.95. The van der Waals surface area contributed by atoms with Crippen molar-refractivity contribution in [1.82, 2.24) is 34.6 Å². The van der Waals surface area contributed by atoms with Gasteiger partial charge in [-0.2, -0.15) is 0 Å². The highest BCUT2D eigenvalue weighted by atomic mass is 16.3. The van der Waals surface area contributed by atoms with Crippen LogP contribution in [0.2, 0.25) is 0 Å². The maximum absolute atomic E-state index is 12.6. The number of carbonyl (C=O) groups is 3. The van der Waals surface area contributed by atoms with Gasteiger partial charge in [0.1, 0.15) is 0 Å². The molecule has 44 heavy (non-hydrogen) atoms. The first-order chi connectivity index (χ1) is 20.8. The first-order valence-corrected chi connectivity index (χ1v) is 13.6. The molecule has 0 atom stereocenters. The third-order valence-corrected chi connectivity index (χ3v) is 6.83. The van der Waals surface area contributed by atoms with Gasteiger partial charge < -0.3 is 45.0 Å². The van der Waals surface area contributed by atoms with Crippen LogP contribution >= 0.6 is 0 Å². The van der Waals surface area contributed by atoms with Gasteiger partial charge >= 0.3 is 0 Å². The number of aromatic nitrogens is 3. The Morgan fingerprint density at radius 3 is 1.25 bits per heavy atom. The van der Waals surface area contributed by atoms with Crippen molar-refractivity contribution in [3.8, 4) is 17.2 Å². The number of nitrogens with one attached hydrogen (secondary N) is 3. The molecule has 236 valence electrons. The van der Waals surface area contributed by atoms with Crippen molar-refractivity contribution in [1.29, 1.82) is 0 Å². The molecular formula is C28H35N7O9. The molecule has 3 aromatic heterocycles. The Hall–Kier alpha value is -5.38. The lowest BCUT2D eigenvalue weighted by atomic mass is 10.2. The fourth-order valence-electron chi connectivity index (χ4n) is 4.18. The molecule has 3 heterocycles. The third-order valence-electron chi connectivity index (χ3n) is 6.83. The fourth-order valence-corrected chi connectivity index (χ4v) is 4.18. The molecule has 3 amide bonds. The van der Waals surface area contributed by atoms with Gasteiger partial charge in [-0.15, -0.1) is 0 Å². The minimum Gasteiger partial charge on any atom is -0.502 e. The van der Waals surface area contributed by atoms with Crippen molar-refractivity contribution in [3.63, 3.8) is 0 Å². The number of amides is 3. The van der Waals surface area contributed by atoms with Crippen molar-refractivity contribution in [3.05, 3.63) is 84.5 Å². The molecule has 0 spiro atoms. The second-order valence-corrected chi connectivity index (χ2v) is 9.95. The molecule has 0 aliphatic carbocycles. The largest absolute Gasteiger partial charge is 0.502 e. The normalized spacial score (nSPS) is 10.9. The zero-order chi connectivity index (χ0) is 32.6. The van der Waals surface area contributed by atoms with Crippen LogP contribution in [0, 0.1) is 0 Å². The minimum atomic E-state index is -0.719. The molecule has 0 radical (unpaired) electrons. The van der Waals surface area contributed by atoms with Crippen LogP contribution in [-0.4, -0.2) is 90.9 Å². The Labute approximate surface area is 250 Å². The van der Waals surface area contributed by atoms with Gasteiger partial charge in [0.05, 0.1) is 16.7 Å². The van der Waals surface area contributed by atoms with Crippen LogP contribution in [0.5, 0.6) is 17.2 Å². The maximum Gasteiger partial charge on any atom is 0.293 e. The molecule has 0 aromatic carbocycles. The molecule has 0 fully saturated rings. The van der Waals surface area contributed by atoms with Crippen LogP contribution in [0.4, 0.5) is 0 Å². The van der Waals surface area contributed by atoms with E-state index in [9.17, 15) is 44.1 Å². The van der Waals surface area contributed by atoms with Crippen LogP contribution in [0.1, 0.15) is 37.5 Å². The first-order valence-electron chi connectivity index (χ1n) is 13.6. The summed E-state index contributed by atoms with van der Waals surface area (Å²) in [7, 11) is 4.31. The van der Waals surface area contributed by atoms with Gasteiger partial charge in [0.15, 0.2) is 17.2 Å². The highest BCUT2D eigenvalue weighted by Gasteiger charge is 2.18. The molecule has 0 saturated carbocycles. The number of rotatable bonds is 13. The average Bonchev–Trinajstić information content (AvgIpc) is 2.99. The van der Waals surface area contributed by atoms with Crippen molar-refractivity contribution in [2.24, 2.45) is 21.1 Å². The lowest BCUT2D eigenvalue weighted by Gasteiger charge is -2.23. The van der Waals surface area contributed by atoms with E-state index in [1.165, 1.54) is 57.9 Å². The Morgan fingerprint density at radius 2 is 0.909 bits per heavy atom. The zero-order valence-corrected chi connectivity index (χ0v) is 24.5. The molecular weight excluding hydrogens is 578 g/mol. The van der Waals surface area contributed by atoms with Crippen LogP contribution in [0.15, 0.2) is 51.2 Å². The minimum absolute atomic E-state index is 0.102. The molecule has 0 aliphatic rings. The van der Waals surface area contributed by atoms with Gasteiger partial charge in [0, 0.05) is 72.5 Å². The summed E-state index contributed by atoms with van der Waals surface area (Å²) in [5, 5.41) is 38.0. The smallest absolute Gasteiger partial charge is 0.293 e. The van der Waals surface area contributed by atoms with E-state index < -0.39 is 51.6 Å². The molecule has 0 bridgehead atoms. The van der Waals surface area contributed by atoms with Crippen LogP contribution in [0.25, 0.3) is 0 Å². The van der Waals surface area contributed by atoms with E-state index in [1.54, 1.807) is 0 Å². The van der Waals surface area contributed by atoms with Gasteiger partial charge in [0.2, 0.25) is 0 Å². The van der Waals surface area contributed by atoms with Gasteiger partial charge in [-0.25, -0.2) is 0 Å². The van der Waals surface area contributed by atoms with Gasteiger partial charge in [0.25, 0.3) is 34.4 Å². The Balaban J connectivity index is 1.59. The Bertz CT molecular complexity index is 1640. The summed E-state index contributed by atoms with van der Waals surface area (Å²) in [6.07, 6.45) is 4.48. The van der Waals surface area contributed by atoms with Crippen molar-refractivity contribution in [2.45, 2.75) is 6.42 Å². The molecule has 3 rings (SSSR count). The first kappa shape index (κ1) is 33.1. The predicted octanol–water partition coefficient (Wildman–Crippen LogP) is -1.82. The molecule has 0 aliphatic heterocycles. The number of hydrogen-bond donors (Lipinski definition) is 6. The number of pyridine rings is 3. The zero-order valence-electron chi connectivity index (χ0n) is 24.5. The Morgan fingerprint density at radius 1 is 0.591 bits per heavy atom. The van der Waals surface area contributed by atoms with Crippen molar-refractivity contribution >= 4 is 17.7 Å². The average molecular weight is 614 g/mol. The summed E-state index contributed by atoms with van der Waals surface area (Å²) in [4.78, 5) is 75.2. The molecule has 0 unspecified atom stereocenters. The summed E-state index contributed by atoms with van der Waals surface area (Å²) in [5.74, 6) is -3.96. The SMILES string of the molecule is Cn1ccc(C(=O)NCCCN(CCNC(=O)c2ccn(C)c(=O)c2O)CCNC(=O)c2ccn(C)c(=O)c2O)c(O)c1=O. The van der Waals surface area contributed by atoms with E-state index in [1.807, 2.05) is 4.90 Å². The number of nitrogens with zero attached hydrogens (tertiary/aromatic N) is 4. The number of aromatic hydroxyl groups is 3. The monoisotopic (exact) mass is 613 g/mol. The van der Waals surface area contributed by atoms with Crippen molar-refractivity contribution in [2.75, 3.05) is 39.3 Å². The van der Waals surface area contributed by atoms with Crippen LogP contribution in [0.3, 0.4) is 0 Å². The van der Waals surface area contributed by atoms with Crippen LogP contribution < -0.4 is 32.6 Å². The van der Waals surface area contributed by atoms with E-state index in [2.05, 4.69) is 16.0 Å². The molecule has 0 saturated heterocycles. The predicted molar refractivity (Wildman–Crippen MR) is 158 cm³/mol. The number of aryl methyl sites for hydroxylation is 3. The van der Waals surface area contributed by atoms with E-state index in [-0.39, 0.29) is 49.4 Å². The second-order valence-electron chi connectivity index (χ2n) is 9.95. The fraction of sp³-hybridized carbons (Fsp3) is 0.357. The summed E-state index contributed by atoms with van der Waals surface area (Å²) in [5.41, 5.74) is -2.66. The highest BCUT2D eigenvalue weighted by molar-refractivity contribution is 5.97. The molecule has 3 aromatic rings. The number of carbonyl (C=O) groups excluding carboxylic acids is 3. The van der Waals surface area contributed by atoms with E-state index >= 15 is 0 Å². The van der Waals surface area contributed by atoms with E-state index in [0.717, 1.165) is 13.7 Å². The van der Waals surface area contributed by atoms with E-state index in [0.29, 0.717) is 13.0 Å². The summed E-state index contributed by atoms with van der Waals surface area (Å²) < 4.78 is 3.40. The summed E-state index contributed by atoms with van der Waals surface area (Å²) >= 11 is 0. The third kappa shape index (κ3) is 7.91. The molecule has 6 N–H and O–H groups in total. The lowest BCUT2D eigenvalue weighted by molar-refractivity contribution is 0.0928. The Kier molecular flexibility index (Phi) is 11.1. The van der Waals surface area contributed by atoms with E-state index in [4.69, 9.17) is 0 Å². The van der Waals surface area contributed by atoms with Crippen LogP contribution in [-0.2, 0) is 21.1 Å². The molecule has 16 nitrogen and oxygen atoms in total. The maximum atomic E-state index is 12.6. The molecule has 16 heteroatoms. The highest BCUT2D eigenvalue weighted by Crippen LogP contribution is 2.11. The number of hydrogen-bond acceptors (Lipinski definition) is 10. The standard InChI is InChI=1S/C28H35N7O9/c1-32-12-5-17(20(36)26(32)42)23(39)29-8-4-11-35(15-9-30-24(40)18-6-13-33(2)27(43)21(18)37)16-10-31-25(41)19-7-14-34(3)28(44)22(19)38/h5-7,12-14,36-38H,4,8-11,15-16H2,1-3H3,(H,29,39)(H,30,40)(H,31,41). The topological polar surface area (TPSA) is 217 Å². The van der Waals surface area contributed by atoms with Gasteiger partial charge in [-0.05, 0) is 31.2 Å². The van der Waals surface area contributed by atoms with Crippen molar-refractivity contribution < 1.29 is 29.7 Å². The summed E-state index contributed by atoms with van der Waals surface area (Å²) in [6.45, 7) is 1.30. The van der Waals surface area contributed by atoms with Gasteiger partial charge in [-0.1, -0.05) is 0 Å². The van der Waals surface area contributed by atoms with Gasteiger partial charge in [-0.3, -0.25) is 33.7 Å². The quantitative estimate of drug-likeness (QED) is 0.119. The second kappa shape index (κ2) is 14.7. The lowest BCUT2D eigenvalue weighted by Crippen LogP contribution is -2.41.